The van der Waals surface area contributed by atoms with E-state index in [1.165, 1.54) is 0 Å². The summed E-state index contributed by atoms with van der Waals surface area (Å²) in [5.41, 5.74) is 0.396. The Hall–Kier alpha value is -1.62. The van der Waals surface area contributed by atoms with Gasteiger partial charge in [-0.1, -0.05) is 13.8 Å². The van der Waals surface area contributed by atoms with Crippen molar-refractivity contribution >= 4 is 50.0 Å². The Morgan fingerprint density at radius 3 is 2.77 bits per heavy atom. The molecule has 4 aliphatic rings. The number of anilines is 1. The van der Waals surface area contributed by atoms with E-state index in [2.05, 4.69) is 46.2 Å². The molecule has 2 aliphatic carbocycles. The first-order chi connectivity index (χ1) is 14.7. The van der Waals surface area contributed by atoms with Crippen molar-refractivity contribution in [2.75, 3.05) is 11.9 Å². The van der Waals surface area contributed by atoms with Crippen LogP contribution in [0.3, 0.4) is 0 Å². The lowest BCUT2D eigenvalue weighted by atomic mass is 9.77. The van der Waals surface area contributed by atoms with Gasteiger partial charge in [-0.3, -0.25) is 4.79 Å². The fourth-order valence-electron chi connectivity index (χ4n) is 5.76. The predicted molar refractivity (Wildman–Crippen MR) is 126 cm³/mol. The highest BCUT2D eigenvalue weighted by Gasteiger charge is 2.57. The number of aliphatic hydroxyl groups is 1. The second kappa shape index (κ2) is 7.47. The molecule has 2 fully saturated rings. The molecule has 0 saturated heterocycles. The zero-order chi connectivity index (χ0) is 22.1. The van der Waals surface area contributed by atoms with Gasteiger partial charge in [-0.2, -0.15) is 8.42 Å². The van der Waals surface area contributed by atoms with Gasteiger partial charge < -0.3 is 15.3 Å². The van der Waals surface area contributed by atoms with Gasteiger partial charge in [-0.15, -0.1) is 4.40 Å². The zero-order valence-corrected chi connectivity index (χ0v) is 20.5. The number of hydrogen-bond donors (Lipinski definition) is 2. The van der Waals surface area contributed by atoms with Crippen LogP contribution in [0.5, 0.6) is 0 Å². The van der Waals surface area contributed by atoms with Crippen molar-refractivity contribution in [3.8, 4) is 0 Å². The van der Waals surface area contributed by atoms with Crippen LogP contribution in [0.15, 0.2) is 38.8 Å². The van der Waals surface area contributed by atoms with E-state index in [-0.39, 0.29) is 39.9 Å². The average Bonchev–Trinajstić information content (AvgIpc) is 3.30. The van der Waals surface area contributed by atoms with Crippen LogP contribution in [0, 0.1) is 27.2 Å². The van der Waals surface area contributed by atoms with Gasteiger partial charge in [0.1, 0.15) is 16.2 Å². The molecule has 2 aliphatic heterocycles. The van der Waals surface area contributed by atoms with Crippen LogP contribution in [-0.2, 0) is 14.8 Å². The fraction of sp³-hybridized carbons (Fsp3) is 0.545. The molecule has 1 amide bonds. The molecule has 0 spiro atoms. The number of benzene rings is 1. The van der Waals surface area contributed by atoms with E-state index in [1.807, 2.05) is 4.90 Å². The molecular formula is C22H26IN3O4S. The average molecular weight is 555 g/mol. The summed E-state index contributed by atoms with van der Waals surface area (Å²) in [4.78, 5) is 15.6. The minimum atomic E-state index is -3.98. The largest absolute Gasteiger partial charge is 0.511 e. The molecule has 1 aromatic carbocycles. The summed E-state index contributed by atoms with van der Waals surface area (Å²) >= 11 is 2.05. The highest BCUT2D eigenvalue weighted by molar-refractivity contribution is 14.1. The van der Waals surface area contributed by atoms with E-state index in [0.29, 0.717) is 30.0 Å². The first-order valence-electron chi connectivity index (χ1n) is 10.8. The third kappa shape index (κ3) is 3.39. The monoisotopic (exact) mass is 555 g/mol. The summed E-state index contributed by atoms with van der Waals surface area (Å²) in [6.07, 6.45) is 3.99. The normalized spacial score (nSPS) is 30.9. The fourth-order valence-corrected chi connectivity index (χ4v) is 7.61. The van der Waals surface area contributed by atoms with Crippen molar-refractivity contribution in [3.63, 3.8) is 0 Å². The van der Waals surface area contributed by atoms with Crippen molar-refractivity contribution in [1.29, 1.82) is 0 Å². The summed E-state index contributed by atoms with van der Waals surface area (Å²) in [5, 5.41) is 14.3. The van der Waals surface area contributed by atoms with Gasteiger partial charge in [0.25, 0.3) is 15.9 Å². The van der Waals surface area contributed by atoms with Crippen molar-refractivity contribution < 1.29 is 18.3 Å². The summed E-state index contributed by atoms with van der Waals surface area (Å²) in [5.74, 6) is 0.668. The lowest BCUT2D eigenvalue weighted by molar-refractivity contribution is -0.133. The van der Waals surface area contributed by atoms with E-state index >= 15 is 0 Å². The molecule has 2 unspecified atom stereocenters. The molecule has 1 aromatic rings. The molecule has 0 radical (unpaired) electrons. The minimum Gasteiger partial charge on any atom is -0.511 e. The Balaban J connectivity index is 1.60. The standard InChI is InChI=1S/C22H26IN3O4S/c1-11(2)7-8-26-19-13-4-3-12(9-13)17(19)20(27)18(22(26)28)21-24-15-6-5-14(23)10-16(15)31(29,30)25-21/h5-6,10-13,17,19,27H,3-4,7-9H2,1-2H3,(H,24,25)/t12-,13+,17?,19?/m0/s1. The third-order valence-electron chi connectivity index (χ3n) is 7.15. The van der Waals surface area contributed by atoms with E-state index in [0.717, 1.165) is 29.3 Å². The Labute approximate surface area is 196 Å². The number of sulfonamides is 1. The lowest BCUT2D eigenvalue weighted by Crippen LogP contribution is -2.54. The van der Waals surface area contributed by atoms with Crippen LogP contribution < -0.4 is 5.32 Å². The number of fused-ring (bicyclic) bond motifs is 6. The second-order valence-electron chi connectivity index (χ2n) is 9.47. The van der Waals surface area contributed by atoms with E-state index in [9.17, 15) is 18.3 Å². The van der Waals surface area contributed by atoms with Gasteiger partial charge in [-0.25, -0.2) is 0 Å². The van der Waals surface area contributed by atoms with Crippen LogP contribution in [0.25, 0.3) is 0 Å². The van der Waals surface area contributed by atoms with Gasteiger partial charge >= 0.3 is 0 Å². The second-order valence-corrected chi connectivity index (χ2v) is 12.3. The molecule has 0 aromatic heterocycles. The first kappa shape index (κ1) is 21.2. The number of amidine groups is 1. The Bertz CT molecular complexity index is 1130. The predicted octanol–water partition coefficient (Wildman–Crippen LogP) is 3.92. The zero-order valence-electron chi connectivity index (χ0n) is 17.5. The number of nitrogens with one attached hydrogen (secondary N) is 1. The highest BCUT2D eigenvalue weighted by Crippen LogP contribution is 2.55. The Morgan fingerprint density at radius 2 is 2.03 bits per heavy atom. The van der Waals surface area contributed by atoms with Gasteiger partial charge in [-0.05, 0) is 84.2 Å². The number of amides is 1. The van der Waals surface area contributed by atoms with Gasteiger partial charge in [0.15, 0.2) is 5.84 Å². The molecule has 9 heteroatoms. The lowest BCUT2D eigenvalue weighted by Gasteiger charge is -2.44. The molecule has 5 rings (SSSR count). The van der Waals surface area contributed by atoms with E-state index in [4.69, 9.17) is 0 Å². The Kier molecular flexibility index (Phi) is 5.12. The number of rotatable bonds is 4. The minimum absolute atomic E-state index is 0.00316. The molecule has 31 heavy (non-hydrogen) atoms. The van der Waals surface area contributed by atoms with E-state index < -0.39 is 10.0 Å². The molecule has 4 atom stereocenters. The molecule has 2 bridgehead atoms. The maximum absolute atomic E-state index is 13.6. The first-order valence-corrected chi connectivity index (χ1v) is 13.3. The molecular weight excluding hydrogens is 529 g/mol. The quantitative estimate of drug-likeness (QED) is 0.549. The Morgan fingerprint density at radius 1 is 1.29 bits per heavy atom. The number of halogens is 1. The van der Waals surface area contributed by atoms with Crippen LogP contribution in [0.1, 0.15) is 39.5 Å². The van der Waals surface area contributed by atoms with Gasteiger partial charge in [0.2, 0.25) is 0 Å². The smallest absolute Gasteiger partial charge is 0.286 e. The number of carbonyl (C=O) groups is 1. The van der Waals surface area contributed by atoms with Crippen LogP contribution >= 0.6 is 22.6 Å². The summed E-state index contributed by atoms with van der Waals surface area (Å²) < 4.78 is 30.5. The molecule has 7 nitrogen and oxygen atoms in total. The van der Waals surface area contributed by atoms with E-state index in [1.54, 1.807) is 18.2 Å². The molecule has 2 saturated carbocycles. The summed E-state index contributed by atoms with van der Waals surface area (Å²) in [7, 11) is -3.98. The van der Waals surface area contributed by atoms with Crippen molar-refractivity contribution in [3.05, 3.63) is 33.1 Å². The number of aliphatic hydroxyl groups excluding tert-OH is 1. The number of hydrogen-bond acceptors (Lipinski definition) is 5. The number of carbonyl (C=O) groups excluding carboxylic acids is 1. The molecule has 2 N–H and O–H groups in total. The van der Waals surface area contributed by atoms with Crippen LogP contribution in [0.2, 0.25) is 0 Å². The number of nitrogens with zero attached hydrogens (tertiary/aromatic N) is 2. The third-order valence-corrected chi connectivity index (χ3v) is 9.14. The van der Waals surface area contributed by atoms with Crippen LogP contribution in [-0.4, -0.2) is 42.8 Å². The highest BCUT2D eigenvalue weighted by atomic mass is 127. The SMILES string of the molecule is CC(C)CCN1C(=O)C(C2=NS(=O)(=O)c3cc(I)ccc3N2)=C(O)C2C1[C@@H]1CC[C@H]2C1. The van der Waals surface area contributed by atoms with Gasteiger partial charge in [0.05, 0.1) is 5.69 Å². The molecule has 166 valence electrons. The summed E-state index contributed by atoms with van der Waals surface area (Å²) in [6, 6.07) is 5.02. The van der Waals surface area contributed by atoms with Crippen molar-refractivity contribution in [2.45, 2.75) is 50.5 Å². The van der Waals surface area contributed by atoms with Gasteiger partial charge in [0, 0.05) is 22.1 Å². The summed E-state index contributed by atoms with van der Waals surface area (Å²) in [6.45, 7) is 4.85. The van der Waals surface area contributed by atoms with Crippen molar-refractivity contribution in [1.82, 2.24) is 4.90 Å². The molecule has 2 heterocycles. The maximum atomic E-state index is 13.6. The topological polar surface area (TPSA) is 99.1 Å². The maximum Gasteiger partial charge on any atom is 0.286 e. The van der Waals surface area contributed by atoms with Crippen molar-refractivity contribution in [2.24, 2.45) is 28.1 Å². The van der Waals surface area contributed by atoms with Crippen LogP contribution in [0.4, 0.5) is 5.69 Å².